The Morgan fingerprint density at radius 3 is 2.06 bits per heavy atom. The molecule has 36 heavy (non-hydrogen) atoms. The van der Waals surface area contributed by atoms with Crippen LogP contribution in [0, 0.1) is 11.6 Å². The second kappa shape index (κ2) is 10.3. The molecule has 0 fully saturated rings. The molecule has 2 atom stereocenters. The highest BCUT2D eigenvalue weighted by Crippen LogP contribution is 2.41. The fourth-order valence-electron chi connectivity index (χ4n) is 3.66. The van der Waals surface area contributed by atoms with E-state index in [0.717, 1.165) is 18.2 Å². The summed E-state index contributed by atoms with van der Waals surface area (Å²) in [6.07, 6.45) is -4.26. The molecule has 0 saturated carbocycles. The number of benzene rings is 3. The van der Waals surface area contributed by atoms with Gasteiger partial charge in [0.15, 0.2) is 11.6 Å². The van der Waals surface area contributed by atoms with Gasteiger partial charge in [-0.3, -0.25) is 0 Å². The number of phenolic OH excluding ortho intramolecular Hbond substituents is 1. The number of halogens is 6. The number of hydrogen-bond donors (Lipinski definition) is 2. The zero-order valence-corrected chi connectivity index (χ0v) is 20.5. The second-order valence-electron chi connectivity index (χ2n) is 9.37. The summed E-state index contributed by atoms with van der Waals surface area (Å²) in [6.45, 7) is 4.88. The maximum absolute atomic E-state index is 14.7. The van der Waals surface area contributed by atoms with Crippen molar-refractivity contribution in [3.8, 4) is 5.75 Å². The molecule has 2 N–H and O–H groups in total. The standard InChI is InChI=1S/C26H25F6NO2S/c1-24(2,3)36(35)33-25(15-16-7-5-4-6-8-16,17-9-10-22(34)21(28)14-17)18-11-19(13-20(27)12-18)26(31,32)23(29)30/h4-14,23,33-34H,15H2,1-3H3. The van der Waals surface area contributed by atoms with Crippen LogP contribution in [0.15, 0.2) is 66.7 Å². The van der Waals surface area contributed by atoms with Crippen molar-refractivity contribution in [3.63, 3.8) is 0 Å². The van der Waals surface area contributed by atoms with Gasteiger partial charge in [0.1, 0.15) is 5.82 Å². The van der Waals surface area contributed by atoms with Crippen LogP contribution in [-0.4, -0.2) is 20.5 Å². The molecule has 0 spiro atoms. The first-order chi connectivity index (χ1) is 16.7. The number of hydrogen-bond acceptors (Lipinski definition) is 2. The van der Waals surface area contributed by atoms with Crippen LogP contribution < -0.4 is 4.72 Å². The third-order valence-corrected chi connectivity index (χ3v) is 7.27. The molecule has 0 saturated heterocycles. The summed E-state index contributed by atoms with van der Waals surface area (Å²) >= 11 is 0. The van der Waals surface area contributed by atoms with Crippen LogP contribution >= 0.6 is 0 Å². The summed E-state index contributed by atoms with van der Waals surface area (Å²) < 4.78 is 99.6. The van der Waals surface area contributed by atoms with Crippen LogP contribution in [0.25, 0.3) is 0 Å². The number of aromatic hydroxyl groups is 1. The van der Waals surface area contributed by atoms with Crippen LogP contribution in [0.4, 0.5) is 26.3 Å². The number of rotatable bonds is 8. The van der Waals surface area contributed by atoms with E-state index < -0.39 is 56.6 Å². The Balaban J connectivity index is 2.40. The van der Waals surface area contributed by atoms with Crippen LogP contribution in [0.2, 0.25) is 0 Å². The van der Waals surface area contributed by atoms with E-state index in [1.807, 2.05) is 0 Å². The number of phenols is 1. The number of alkyl halides is 4. The predicted molar refractivity (Wildman–Crippen MR) is 126 cm³/mol. The van der Waals surface area contributed by atoms with Crippen molar-refractivity contribution >= 4 is 11.0 Å². The molecular weight excluding hydrogens is 504 g/mol. The summed E-state index contributed by atoms with van der Waals surface area (Å²) in [5.41, 5.74) is -2.81. The van der Waals surface area contributed by atoms with Crippen molar-refractivity contribution < 1.29 is 35.7 Å². The first kappa shape index (κ1) is 27.7. The van der Waals surface area contributed by atoms with Gasteiger partial charge in [0, 0.05) is 5.56 Å². The van der Waals surface area contributed by atoms with E-state index in [1.165, 1.54) is 6.07 Å². The maximum atomic E-state index is 14.7. The van der Waals surface area contributed by atoms with E-state index in [0.29, 0.717) is 17.7 Å². The monoisotopic (exact) mass is 529 g/mol. The van der Waals surface area contributed by atoms with Gasteiger partial charge in [-0.2, -0.15) is 8.78 Å². The first-order valence-corrected chi connectivity index (χ1v) is 12.0. The molecule has 3 aromatic rings. The SMILES string of the molecule is CC(C)(C)S(=O)NC(Cc1ccccc1)(c1cc(F)cc(C(F)(F)C(F)F)c1)c1ccc(O)c(F)c1. The molecule has 0 aliphatic rings. The van der Waals surface area contributed by atoms with Crippen molar-refractivity contribution in [2.24, 2.45) is 0 Å². The van der Waals surface area contributed by atoms with Crippen molar-refractivity contribution in [2.45, 2.75) is 49.8 Å². The highest BCUT2D eigenvalue weighted by atomic mass is 32.2. The van der Waals surface area contributed by atoms with Crippen LogP contribution in [0.1, 0.15) is 43.0 Å². The van der Waals surface area contributed by atoms with Crippen LogP contribution in [0.5, 0.6) is 5.75 Å². The Morgan fingerprint density at radius 2 is 1.50 bits per heavy atom. The summed E-state index contributed by atoms with van der Waals surface area (Å²) in [4.78, 5) is 0. The normalized spacial score (nSPS) is 15.1. The van der Waals surface area contributed by atoms with E-state index in [4.69, 9.17) is 0 Å². The fraction of sp³-hybridized carbons (Fsp3) is 0.308. The molecule has 0 aliphatic carbocycles. The zero-order valence-electron chi connectivity index (χ0n) is 19.7. The third kappa shape index (κ3) is 5.75. The van der Waals surface area contributed by atoms with Gasteiger partial charge in [-0.1, -0.05) is 36.4 Å². The minimum Gasteiger partial charge on any atom is -0.505 e. The molecule has 2 unspecified atom stereocenters. The Labute approximate surface area is 207 Å². The van der Waals surface area contributed by atoms with E-state index in [1.54, 1.807) is 51.1 Å². The van der Waals surface area contributed by atoms with Crippen molar-refractivity contribution in [1.29, 1.82) is 0 Å². The molecule has 0 radical (unpaired) electrons. The molecule has 10 heteroatoms. The summed E-state index contributed by atoms with van der Waals surface area (Å²) in [7, 11) is -1.93. The molecule has 3 aromatic carbocycles. The van der Waals surface area contributed by atoms with Crippen LogP contribution in [0.3, 0.4) is 0 Å². The summed E-state index contributed by atoms with van der Waals surface area (Å²) in [6, 6.07) is 13.5. The van der Waals surface area contributed by atoms with Gasteiger partial charge in [-0.25, -0.2) is 26.5 Å². The lowest BCUT2D eigenvalue weighted by Gasteiger charge is -2.38. The van der Waals surface area contributed by atoms with Gasteiger partial charge in [-0.15, -0.1) is 0 Å². The Bertz CT molecular complexity index is 1250. The number of nitrogens with one attached hydrogen (secondary N) is 1. The molecule has 0 aliphatic heterocycles. The lowest BCUT2D eigenvalue weighted by molar-refractivity contribution is -0.135. The van der Waals surface area contributed by atoms with Gasteiger partial charge in [0.25, 0.3) is 0 Å². The van der Waals surface area contributed by atoms with Gasteiger partial charge in [0.05, 0.1) is 21.3 Å². The Kier molecular flexibility index (Phi) is 7.90. The van der Waals surface area contributed by atoms with E-state index >= 15 is 0 Å². The van der Waals surface area contributed by atoms with Gasteiger partial charge in [0.2, 0.25) is 0 Å². The minimum absolute atomic E-state index is 0.0103. The molecule has 3 rings (SSSR count). The lowest BCUT2D eigenvalue weighted by atomic mass is 9.78. The van der Waals surface area contributed by atoms with Crippen LogP contribution in [-0.2, 0) is 28.9 Å². The van der Waals surface area contributed by atoms with E-state index in [-0.39, 0.29) is 17.5 Å². The largest absolute Gasteiger partial charge is 0.505 e. The van der Waals surface area contributed by atoms with Gasteiger partial charge >= 0.3 is 12.3 Å². The molecule has 3 nitrogen and oxygen atoms in total. The molecular formula is C26H25F6NO2S. The molecule has 0 amide bonds. The molecule has 0 heterocycles. The zero-order chi connectivity index (χ0) is 26.9. The lowest BCUT2D eigenvalue weighted by Crippen LogP contribution is -2.50. The predicted octanol–water partition coefficient (Wildman–Crippen LogP) is 6.57. The summed E-state index contributed by atoms with van der Waals surface area (Å²) in [5, 5.41) is 9.74. The van der Waals surface area contributed by atoms with E-state index in [9.17, 15) is 35.7 Å². The minimum atomic E-state index is -4.68. The first-order valence-electron chi connectivity index (χ1n) is 10.9. The average molecular weight is 530 g/mol. The van der Waals surface area contributed by atoms with Crippen molar-refractivity contribution in [1.82, 2.24) is 4.72 Å². The highest BCUT2D eigenvalue weighted by Gasteiger charge is 2.45. The Morgan fingerprint density at radius 1 is 0.889 bits per heavy atom. The topological polar surface area (TPSA) is 49.3 Å². The molecule has 194 valence electrons. The van der Waals surface area contributed by atoms with E-state index in [2.05, 4.69) is 4.72 Å². The fourth-order valence-corrected chi connectivity index (χ4v) is 4.60. The molecule has 0 bridgehead atoms. The second-order valence-corrected chi connectivity index (χ2v) is 11.3. The Hall–Kier alpha value is -2.85. The quantitative estimate of drug-likeness (QED) is 0.325. The maximum Gasteiger partial charge on any atom is 0.332 e. The van der Waals surface area contributed by atoms with Crippen molar-refractivity contribution in [2.75, 3.05) is 0 Å². The smallest absolute Gasteiger partial charge is 0.332 e. The van der Waals surface area contributed by atoms with Gasteiger partial charge in [-0.05, 0) is 74.2 Å². The molecule has 0 aromatic heterocycles. The summed E-state index contributed by atoms with van der Waals surface area (Å²) in [5.74, 6) is -7.68. The van der Waals surface area contributed by atoms with Gasteiger partial charge < -0.3 is 5.11 Å². The third-order valence-electron chi connectivity index (χ3n) is 5.63. The average Bonchev–Trinajstić information content (AvgIpc) is 2.79. The van der Waals surface area contributed by atoms with Crippen molar-refractivity contribution in [3.05, 3.63) is 101 Å². The highest BCUT2D eigenvalue weighted by molar-refractivity contribution is 7.84.